The molecular formula is C22H28O3. The average Bonchev–Trinajstić information content (AvgIpc) is 2.56. The molecule has 0 fully saturated rings. The molecule has 0 heterocycles. The molecule has 0 saturated heterocycles. The summed E-state index contributed by atoms with van der Waals surface area (Å²) in [6.07, 6.45) is 9.84. The van der Waals surface area contributed by atoms with E-state index in [0.717, 1.165) is 22.5 Å². The van der Waals surface area contributed by atoms with Gasteiger partial charge in [0.15, 0.2) is 0 Å². The van der Waals surface area contributed by atoms with Crippen molar-refractivity contribution in [3.63, 3.8) is 0 Å². The van der Waals surface area contributed by atoms with Crippen LogP contribution in [0.5, 0.6) is 5.75 Å². The molecule has 3 heteroatoms. The van der Waals surface area contributed by atoms with Gasteiger partial charge in [0.1, 0.15) is 5.75 Å². The van der Waals surface area contributed by atoms with Crippen molar-refractivity contribution in [2.24, 2.45) is 0 Å². The summed E-state index contributed by atoms with van der Waals surface area (Å²) in [5, 5.41) is 8.96. The summed E-state index contributed by atoms with van der Waals surface area (Å²) in [5.41, 5.74) is 6.94. The highest BCUT2D eigenvalue weighted by Gasteiger charge is 2.08. The normalized spacial score (nSPS) is 13.5. The lowest BCUT2D eigenvalue weighted by molar-refractivity contribution is -0.132. The van der Waals surface area contributed by atoms with Gasteiger partial charge in [0.25, 0.3) is 0 Å². The van der Waals surface area contributed by atoms with Gasteiger partial charge in [-0.25, -0.2) is 4.79 Å². The number of carboxylic acid groups (broad SMARTS) is 1. The second-order valence-corrected chi connectivity index (χ2v) is 6.28. The molecule has 1 rings (SSSR count). The van der Waals surface area contributed by atoms with E-state index in [1.54, 1.807) is 21.0 Å². The summed E-state index contributed by atoms with van der Waals surface area (Å²) in [6.45, 7) is 11.7. The first kappa shape index (κ1) is 20.5. The number of hydrogen-bond donors (Lipinski definition) is 1. The molecule has 0 atom stereocenters. The summed E-state index contributed by atoms with van der Waals surface area (Å²) in [5.74, 6) is 0.0296. The second-order valence-electron chi connectivity index (χ2n) is 6.28. The van der Waals surface area contributed by atoms with Gasteiger partial charge in [0.2, 0.25) is 0 Å². The highest BCUT2D eigenvalue weighted by molar-refractivity contribution is 5.87. The predicted octanol–water partition coefficient (Wildman–Crippen LogP) is 5.56. The third kappa shape index (κ3) is 5.49. The molecular weight excluding hydrogens is 312 g/mol. The molecule has 0 saturated carbocycles. The van der Waals surface area contributed by atoms with Crippen LogP contribution in [0.4, 0.5) is 0 Å². The van der Waals surface area contributed by atoms with Crippen LogP contribution in [0, 0.1) is 20.8 Å². The Balaban J connectivity index is 3.01. The van der Waals surface area contributed by atoms with Crippen LogP contribution < -0.4 is 4.74 Å². The van der Waals surface area contributed by atoms with E-state index in [4.69, 9.17) is 9.84 Å². The number of aliphatic carboxylic acids is 1. The molecule has 134 valence electrons. The van der Waals surface area contributed by atoms with Crippen LogP contribution in [0.25, 0.3) is 6.08 Å². The topological polar surface area (TPSA) is 46.5 Å². The fourth-order valence-corrected chi connectivity index (χ4v) is 2.44. The number of methoxy groups -OCH3 is 1. The first-order valence-electron chi connectivity index (χ1n) is 8.27. The van der Waals surface area contributed by atoms with E-state index in [2.05, 4.69) is 39.0 Å². The number of rotatable bonds is 6. The van der Waals surface area contributed by atoms with Gasteiger partial charge in [0, 0.05) is 5.57 Å². The Hall–Kier alpha value is -2.55. The van der Waals surface area contributed by atoms with E-state index < -0.39 is 5.97 Å². The van der Waals surface area contributed by atoms with E-state index in [0.29, 0.717) is 5.57 Å². The first-order valence-corrected chi connectivity index (χ1v) is 8.27. The predicted molar refractivity (Wildman–Crippen MR) is 105 cm³/mol. The minimum Gasteiger partial charge on any atom is -0.496 e. The molecule has 1 N–H and O–H groups in total. The lowest BCUT2D eigenvalue weighted by Gasteiger charge is -2.13. The van der Waals surface area contributed by atoms with Crippen molar-refractivity contribution in [3.05, 3.63) is 69.3 Å². The van der Waals surface area contributed by atoms with Crippen molar-refractivity contribution in [2.75, 3.05) is 7.11 Å². The summed E-state index contributed by atoms with van der Waals surface area (Å²) in [6, 6.07) is 2.06. The van der Waals surface area contributed by atoms with Crippen LogP contribution in [0.2, 0.25) is 0 Å². The molecule has 3 nitrogen and oxygen atoms in total. The zero-order valence-corrected chi connectivity index (χ0v) is 16.2. The fourth-order valence-electron chi connectivity index (χ4n) is 2.44. The minimum atomic E-state index is -0.886. The first-order chi connectivity index (χ1) is 11.7. The standard InChI is InChI=1S/C22H28O3/c1-14(9-8-10-15(2)17(4)22(23)24)11-12-20-16(3)13-21(25-7)19(6)18(20)5/h8-13H,1-7H3,(H,23,24). The third-order valence-corrected chi connectivity index (χ3v) is 4.46. The molecule has 1 aromatic carbocycles. The molecule has 0 aliphatic rings. The van der Waals surface area contributed by atoms with Crippen molar-refractivity contribution >= 4 is 12.0 Å². The molecule has 0 spiro atoms. The maximum absolute atomic E-state index is 10.9. The van der Waals surface area contributed by atoms with Crippen molar-refractivity contribution in [1.29, 1.82) is 0 Å². The van der Waals surface area contributed by atoms with Gasteiger partial charge in [0.05, 0.1) is 7.11 Å². The molecule has 0 aliphatic heterocycles. The van der Waals surface area contributed by atoms with Gasteiger partial charge in [-0.3, -0.25) is 0 Å². The van der Waals surface area contributed by atoms with Crippen LogP contribution >= 0.6 is 0 Å². The number of hydrogen-bond acceptors (Lipinski definition) is 2. The maximum Gasteiger partial charge on any atom is 0.331 e. The quantitative estimate of drug-likeness (QED) is 0.545. The minimum absolute atomic E-state index is 0.359. The van der Waals surface area contributed by atoms with E-state index in [-0.39, 0.29) is 0 Å². The number of carboxylic acids is 1. The smallest absolute Gasteiger partial charge is 0.331 e. The number of benzene rings is 1. The largest absolute Gasteiger partial charge is 0.496 e. The lowest BCUT2D eigenvalue weighted by atomic mass is 9.96. The van der Waals surface area contributed by atoms with E-state index in [9.17, 15) is 4.79 Å². The number of carbonyl (C=O) groups is 1. The van der Waals surface area contributed by atoms with Crippen molar-refractivity contribution in [1.82, 2.24) is 0 Å². The highest BCUT2D eigenvalue weighted by atomic mass is 16.5. The van der Waals surface area contributed by atoms with Gasteiger partial charge in [-0.2, -0.15) is 0 Å². The van der Waals surface area contributed by atoms with E-state index in [1.807, 2.05) is 25.2 Å². The summed E-state index contributed by atoms with van der Waals surface area (Å²) < 4.78 is 5.41. The lowest BCUT2D eigenvalue weighted by Crippen LogP contribution is -1.97. The SMILES string of the molecule is COc1cc(C)c(C=CC(C)=CC=CC(C)=C(C)C(=O)O)c(C)c1C. The van der Waals surface area contributed by atoms with Gasteiger partial charge in [-0.15, -0.1) is 0 Å². The monoisotopic (exact) mass is 340 g/mol. The molecule has 0 unspecified atom stereocenters. The van der Waals surface area contributed by atoms with Crippen LogP contribution in [0.3, 0.4) is 0 Å². The molecule has 1 aromatic rings. The van der Waals surface area contributed by atoms with Crippen molar-refractivity contribution in [3.8, 4) is 5.75 Å². The van der Waals surface area contributed by atoms with E-state index >= 15 is 0 Å². The van der Waals surface area contributed by atoms with Gasteiger partial charge in [-0.1, -0.05) is 36.0 Å². The Morgan fingerprint density at radius 2 is 1.72 bits per heavy atom. The summed E-state index contributed by atoms with van der Waals surface area (Å²) in [4.78, 5) is 10.9. The van der Waals surface area contributed by atoms with Crippen LogP contribution in [0.15, 0.2) is 47.1 Å². The zero-order chi connectivity index (χ0) is 19.1. The van der Waals surface area contributed by atoms with Crippen LogP contribution in [-0.4, -0.2) is 18.2 Å². The molecule has 0 radical (unpaired) electrons. The number of allylic oxidation sites excluding steroid dienone is 6. The Bertz CT molecular complexity index is 775. The Morgan fingerprint density at radius 1 is 1.08 bits per heavy atom. The molecule has 25 heavy (non-hydrogen) atoms. The maximum atomic E-state index is 10.9. The van der Waals surface area contributed by atoms with E-state index in [1.165, 1.54) is 16.7 Å². The van der Waals surface area contributed by atoms with Crippen LogP contribution in [0.1, 0.15) is 43.0 Å². The fraction of sp³-hybridized carbons (Fsp3) is 0.318. The number of ether oxygens (including phenoxy) is 1. The Kier molecular flexibility index (Phi) is 7.43. The summed E-state index contributed by atoms with van der Waals surface area (Å²) in [7, 11) is 1.69. The molecule has 0 bridgehead atoms. The van der Waals surface area contributed by atoms with Gasteiger partial charge < -0.3 is 9.84 Å². The van der Waals surface area contributed by atoms with Crippen molar-refractivity contribution in [2.45, 2.75) is 41.5 Å². The van der Waals surface area contributed by atoms with Gasteiger partial charge >= 0.3 is 5.97 Å². The third-order valence-electron chi connectivity index (χ3n) is 4.46. The summed E-state index contributed by atoms with van der Waals surface area (Å²) >= 11 is 0. The Morgan fingerprint density at radius 3 is 2.28 bits per heavy atom. The van der Waals surface area contributed by atoms with Crippen molar-refractivity contribution < 1.29 is 14.6 Å². The Labute approximate surface area is 151 Å². The van der Waals surface area contributed by atoms with Gasteiger partial charge in [-0.05, 0) is 75.4 Å². The number of aryl methyl sites for hydroxylation is 1. The molecule has 0 aromatic heterocycles. The molecule has 0 amide bonds. The highest BCUT2D eigenvalue weighted by Crippen LogP contribution is 2.28. The molecule has 0 aliphatic carbocycles. The van der Waals surface area contributed by atoms with Crippen LogP contribution in [-0.2, 0) is 4.79 Å². The second kappa shape index (κ2) is 9.07. The average molecular weight is 340 g/mol. The zero-order valence-electron chi connectivity index (χ0n) is 16.2.